The lowest BCUT2D eigenvalue weighted by molar-refractivity contribution is -0.223. The van der Waals surface area contributed by atoms with Crippen LogP contribution in [0.25, 0.3) is 0 Å². The molecule has 6 rings (SSSR count). The third-order valence-electron chi connectivity index (χ3n) is 11.3. The second-order valence-electron chi connectivity index (χ2n) is 13.1. The van der Waals surface area contributed by atoms with Gasteiger partial charge in [-0.2, -0.15) is 0 Å². The predicted molar refractivity (Wildman–Crippen MR) is 157 cm³/mol. The number of alkyl halides is 1. The summed E-state index contributed by atoms with van der Waals surface area (Å²) in [6, 6.07) is 6.27. The van der Waals surface area contributed by atoms with E-state index in [0.717, 1.165) is 5.57 Å². The van der Waals surface area contributed by atoms with Gasteiger partial charge >= 0.3 is 0 Å². The molecule has 9 heteroatoms. The second kappa shape index (κ2) is 9.51. The van der Waals surface area contributed by atoms with Gasteiger partial charge in [-0.1, -0.05) is 44.2 Å². The van der Waals surface area contributed by atoms with Gasteiger partial charge in [0, 0.05) is 27.6 Å². The Morgan fingerprint density at radius 1 is 1.20 bits per heavy atom. The maximum Gasteiger partial charge on any atom is 0.257 e. The average molecular weight is 583 g/mol. The summed E-state index contributed by atoms with van der Waals surface area (Å²) < 4.78 is 22.7. The van der Waals surface area contributed by atoms with Crippen molar-refractivity contribution in [3.63, 3.8) is 0 Å². The van der Waals surface area contributed by atoms with Gasteiger partial charge in [-0.3, -0.25) is 14.6 Å². The molecule has 0 bridgehead atoms. The van der Waals surface area contributed by atoms with Crippen molar-refractivity contribution in [3.8, 4) is 5.75 Å². The number of aliphatic hydroxyl groups excluding tert-OH is 1. The first-order chi connectivity index (χ1) is 19.3. The molecule has 10 unspecified atom stereocenters. The minimum Gasteiger partial charge on any atom is -0.497 e. The number of nitrogens with zero attached hydrogens (tertiary/aromatic N) is 1. The summed E-state index contributed by atoms with van der Waals surface area (Å²) in [6.07, 6.45) is 5.11. The van der Waals surface area contributed by atoms with E-state index in [0.29, 0.717) is 35.7 Å². The molecule has 10 atom stereocenters. The normalized spacial score (nSPS) is 44.8. The zero-order chi connectivity index (χ0) is 29.5. The number of nitrogens with one attached hydrogen (secondary N) is 1. The summed E-state index contributed by atoms with van der Waals surface area (Å²) in [7, 11) is 1.57. The van der Waals surface area contributed by atoms with Crippen molar-refractivity contribution < 1.29 is 28.9 Å². The number of aliphatic hydroxyl groups is 2. The highest BCUT2D eigenvalue weighted by molar-refractivity contribution is 8.14. The van der Waals surface area contributed by atoms with Crippen molar-refractivity contribution in [1.82, 2.24) is 5.32 Å². The number of hydrogen-bond donors (Lipinski definition) is 3. The summed E-state index contributed by atoms with van der Waals surface area (Å²) in [4.78, 5) is 30.0. The SMILES string of the molecule is COc1ccc(C(=O)NC2=NC(C3(O)C(C)CC4C5CCC6=CC(=O)C=CC6(C)C5(F)C(O)CC43C)C(C)S2)cc1. The number of ketones is 1. The third-order valence-corrected chi connectivity index (χ3v) is 12.4. The van der Waals surface area contributed by atoms with E-state index in [-0.39, 0.29) is 35.2 Å². The van der Waals surface area contributed by atoms with E-state index in [1.165, 1.54) is 17.8 Å². The Morgan fingerprint density at radius 2 is 1.90 bits per heavy atom. The largest absolute Gasteiger partial charge is 0.497 e. The fourth-order valence-corrected chi connectivity index (χ4v) is 10.2. The molecule has 0 aromatic heterocycles. The van der Waals surface area contributed by atoms with E-state index in [2.05, 4.69) is 5.32 Å². The minimum absolute atomic E-state index is 0.0904. The van der Waals surface area contributed by atoms with E-state index in [1.54, 1.807) is 43.5 Å². The smallest absolute Gasteiger partial charge is 0.257 e. The fraction of sp³-hybridized carbons (Fsp3) is 0.594. The summed E-state index contributed by atoms with van der Waals surface area (Å²) in [5, 5.41) is 27.6. The Balaban J connectivity index is 1.31. The number of thioether (sulfide) groups is 1. The van der Waals surface area contributed by atoms with Gasteiger partial charge in [-0.25, -0.2) is 4.39 Å². The summed E-state index contributed by atoms with van der Waals surface area (Å²) in [5.74, 6) is -0.633. The molecule has 0 saturated heterocycles. The number of rotatable bonds is 3. The molecule has 41 heavy (non-hydrogen) atoms. The van der Waals surface area contributed by atoms with Crippen LogP contribution in [0.15, 0.2) is 53.1 Å². The molecule has 0 spiro atoms. The zero-order valence-corrected chi connectivity index (χ0v) is 25.0. The number of amidine groups is 1. The average Bonchev–Trinajstić information content (AvgIpc) is 3.40. The van der Waals surface area contributed by atoms with Crippen molar-refractivity contribution in [2.24, 2.45) is 33.6 Å². The van der Waals surface area contributed by atoms with Gasteiger partial charge in [0.05, 0.1) is 24.9 Å². The van der Waals surface area contributed by atoms with Gasteiger partial charge in [-0.05, 0) is 80.9 Å². The van der Waals surface area contributed by atoms with Gasteiger partial charge < -0.3 is 20.3 Å². The maximum atomic E-state index is 17.5. The number of carbonyl (C=O) groups is 2. The van der Waals surface area contributed by atoms with Crippen LogP contribution in [0.2, 0.25) is 0 Å². The first-order valence-electron chi connectivity index (χ1n) is 14.5. The lowest BCUT2D eigenvalue weighted by atomic mass is 9.44. The van der Waals surface area contributed by atoms with Crippen molar-refractivity contribution in [1.29, 1.82) is 0 Å². The molecular weight excluding hydrogens is 543 g/mol. The first kappa shape index (κ1) is 28.6. The van der Waals surface area contributed by atoms with Crippen LogP contribution in [0.5, 0.6) is 5.75 Å². The summed E-state index contributed by atoms with van der Waals surface area (Å²) in [5.41, 5.74) is -3.90. The third kappa shape index (κ3) is 3.80. The quantitative estimate of drug-likeness (QED) is 0.480. The molecule has 3 fully saturated rings. The number of carbonyl (C=O) groups excluding carboxylic acids is 2. The van der Waals surface area contributed by atoms with E-state index in [9.17, 15) is 19.8 Å². The van der Waals surface area contributed by atoms with Crippen molar-refractivity contribution in [2.45, 2.75) is 82.0 Å². The number of aliphatic imine (C=N–C) groups is 1. The Bertz CT molecular complexity index is 1380. The summed E-state index contributed by atoms with van der Waals surface area (Å²) in [6.45, 7) is 7.81. The van der Waals surface area contributed by atoms with Gasteiger partial charge in [-0.15, -0.1) is 0 Å². The van der Waals surface area contributed by atoms with Crippen LogP contribution in [0.4, 0.5) is 4.39 Å². The molecule has 7 nitrogen and oxygen atoms in total. The number of hydrogen-bond acceptors (Lipinski definition) is 7. The maximum absolute atomic E-state index is 17.5. The Kier molecular flexibility index (Phi) is 6.64. The standard InChI is InChI=1S/C32H39FN2O5S/c1-17-14-24-23-11-8-20-15-21(36)12-13-29(20,3)31(23,33)25(37)16-30(24,4)32(17,39)26-18(2)41-28(34-26)35-27(38)19-6-9-22(40-5)10-7-19/h6-7,9-10,12-13,15,17-18,23-26,37,39H,8,11,14,16H2,1-5H3,(H,34,35,38). The number of ether oxygens (including phenoxy) is 1. The molecule has 3 N–H and O–H groups in total. The van der Waals surface area contributed by atoms with E-state index in [4.69, 9.17) is 9.73 Å². The highest BCUT2D eigenvalue weighted by Crippen LogP contribution is 2.71. The van der Waals surface area contributed by atoms with Gasteiger partial charge in [0.15, 0.2) is 16.6 Å². The van der Waals surface area contributed by atoms with Crippen LogP contribution in [-0.4, -0.2) is 62.8 Å². The molecule has 1 heterocycles. The Hall–Kier alpha value is -2.49. The van der Waals surface area contributed by atoms with Crippen LogP contribution in [0.3, 0.4) is 0 Å². The zero-order valence-electron chi connectivity index (χ0n) is 24.2. The fourth-order valence-electron chi connectivity index (χ4n) is 9.14. The predicted octanol–water partition coefficient (Wildman–Crippen LogP) is 4.63. The van der Waals surface area contributed by atoms with Crippen LogP contribution in [-0.2, 0) is 4.79 Å². The monoisotopic (exact) mass is 582 g/mol. The van der Waals surface area contributed by atoms with Crippen LogP contribution in [0, 0.1) is 28.6 Å². The van der Waals surface area contributed by atoms with E-state index in [1.807, 2.05) is 27.7 Å². The van der Waals surface area contributed by atoms with Crippen LogP contribution >= 0.6 is 11.8 Å². The Morgan fingerprint density at radius 3 is 2.59 bits per heavy atom. The molecule has 1 aromatic rings. The van der Waals surface area contributed by atoms with Crippen LogP contribution < -0.4 is 10.1 Å². The van der Waals surface area contributed by atoms with Crippen molar-refractivity contribution in [3.05, 3.63) is 53.6 Å². The van der Waals surface area contributed by atoms with E-state index < -0.39 is 40.2 Å². The minimum atomic E-state index is -1.94. The highest BCUT2D eigenvalue weighted by Gasteiger charge is 2.76. The topological polar surface area (TPSA) is 108 Å². The first-order valence-corrected chi connectivity index (χ1v) is 15.4. The molecule has 0 radical (unpaired) electrons. The number of halogens is 1. The number of allylic oxidation sites excluding steroid dienone is 4. The number of benzene rings is 1. The van der Waals surface area contributed by atoms with Gasteiger partial charge in [0.1, 0.15) is 5.75 Å². The Labute approximate surface area is 244 Å². The summed E-state index contributed by atoms with van der Waals surface area (Å²) >= 11 is 1.42. The number of methoxy groups -OCH3 is 1. The second-order valence-corrected chi connectivity index (χ2v) is 14.5. The highest BCUT2D eigenvalue weighted by atomic mass is 32.2. The number of fused-ring (bicyclic) bond motifs is 5. The number of amides is 1. The van der Waals surface area contributed by atoms with E-state index >= 15 is 4.39 Å². The molecule has 4 aliphatic carbocycles. The molecule has 1 amide bonds. The molecule has 3 saturated carbocycles. The van der Waals surface area contributed by atoms with Gasteiger partial charge in [0.25, 0.3) is 5.91 Å². The van der Waals surface area contributed by atoms with Gasteiger partial charge in [0.2, 0.25) is 0 Å². The molecule has 1 aliphatic heterocycles. The lowest BCUT2D eigenvalue weighted by Gasteiger charge is -2.63. The molecule has 220 valence electrons. The molecular formula is C32H39FN2O5S. The van der Waals surface area contributed by atoms with Crippen LogP contribution in [0.1, 0.15) is 63.7 Å². The van der Waals surface area contributed by atoms with Crippen molar-refractivity contribution in [2.75, 3.05) is 7.11 Å². The lowest BCUT2D eigenvalue weighted by Crippen LogP contribution is -2.70. The van der Waals surface area contributed by atoms with Crippen molar-refractivity contribution >= 4 is 28.6 Å². The molecule has 1 aromatic carbocycles. The molecule has 5 aliphatic rings.